The van der Waals surface area contributed by atoms with Gasteiger partial charge in [0.25, 0.3) is 0 Å². The Hall–Kier alpha value is -4.02. The molecule has 1 amide bonds. The van der Waals surface area contributed by atoms with Crippen molar-refractivity contribution in [2.45, 2.75) is 26.0 Å². The molecule has 0 aliphatic carbocycles. The minimum atomic E-state index is -0.524. The second kappa shape index (κ2) is 7.67. The summed E-state index contributed by atoms with van der Waals surface area (Å²) in [5.41, 5.74) is 1.47. The molecule has 0 spiro atoms. The van der Waals surface area contributed by atoms with Crippen LogP contribution in [0.5, 0.6) is 0 Å². The molecule has 1 aliphatic rings. The lowest BCUT2D eigenvalue weighted by atomic mass is 10.2. The molecule has 158 valence electrons. The van der Waals surface area contributed by atoms with Gasteiger partial charge in [0.1, 0.15) is 11.9 Å². The van der Waals surface area contributed by atoms with Crippen molar-refractivity contribution in [2.75, 3.05) is 11.4 Å². The molecular formula is C20H18FN7O3. The predicted molar refractivity (Wildman–Crippen MR) is 106 cm³/mol. The monoisotopic (exact) mass is 423 g/mol. The first kappa shape index (κ1) is 19.0. The Kier molecular flexibility index (Phi) is 4.69. The average Bonchev–Trinajstić information content (AvgIpc) is 3.55. The van der Waals surface area contributed by atoms with Crippen LogP contribution in [0.15, 0.2) is 53.6 Å². The van der Waals surface area contributed by atoms with Gasteiger partial charge in [-0.15, -0.1) is 5.10 Å². The second-order valence-electron chi connectivity index (χ2n) is 7.05. The SMILES string of the molecule is CCc1nc(-c2ccn(-c3ccc(N4C[C@H](Cn5ccnn5)OC4=O)cc3F)c2)no1. The van der Waals surface area contributed by atoms with Crippen LogP contribution in [0.25, 0.3) is 17.1 Å². The quantitative estimate of drug-likeness (QED) is 0.470. The van der Waals surface area contributed by atoms with Crippen molar-refractivity contribution in [3.05, 3.63) is 60.8 Å². The van der Waals surface area contributed by atoms with Crippen LogP contribution in [0.2, 0.25) is 0 Å². The Morgan fingerprint density at radius 3 is 2.90 bits per heavy atom. The number of rotatable bonds is 6. The van der Waals surface area contributed by atoms with Crippen molar-refractivity contribution in [2.24, 2.45) is 0 Å². The molecule has 0 radical (unpaired) electrons. The summed E-state index contributed by atoms with van der Waals surface area (Å²) in [6, 6.07) is 6.39. The second-order valence-corrected chi connectivity index (χ2v) is 7.05. The Bertz CT molecular complexity index is 1220. The number of nitrogens with zero attached hydrogens (tertiary/aromatic N) is 7. The third kappa shape index (κ3) is 3.65. The number of hydrogen-bond donors (Lipinski definition) is 0. The topological polar surface area (TPSA) is 104 Å². The molecule has 0 bridgehead atoms. The summed E-state index contributed by atoms with van der Waals surface area (Å²) in [7, 11) is 0. The minimum absolute atomic E-state index is 0.294. The van der Waals surface area contributed by atoms with Crippen molar-refractivity contribution >= 4 is 11.8 Å². The third-order valence-electron chi connectivity index (χ3n) is 4.98. The lowest BCUT2D eigenvalue weighted by Crippen LogP contribution is -2.26. The molecule has 0 N–H and O–H groups in total. The number of aryl methyl sites for hydroxylation is 1. The molecule has 4 aromatic rings. The van der Waals surface area contributed by atoms with Gasteiger partial charge >= 0.3 is 6.09 Å². The van der Waals surface area contributed by atoms with Crippen molar-refractivity contribution in [1.82, 2.24) is 29.7 Å². The van der Waals surface area contributed by atoms with Crippen LogP contribution in [-0.4, -0.2) is 48.4 Å². The Balaban J connectivity index is 1.34. The number of halogens is 1. The average molecular weight is 423 g/mol. The van der Waals surface area contributed by atoms with Crippen molar-refractivity contribution < 1.29 is 18.4 Å². The predicted octanol–water partition coefficient (Wildman–Crippen LogP) is 2.85. The normalized spacial score (nSPS) is 16.1. The van der Waals surface area contributed by atoms with Gasteiger partial charge in [-0.2, -0.15) is 4.98 Å². The third-order valence-corrected chi connectivity index (χ3v) is 4.98. The Morgan fingerprint density at radius 2 is 2.16 bits per heavy atom. The highest BCUT2D eigenvalue weighted by Gasteiger charge is 2.33. The summed E-state index contributed by atoms with van der Waals surface area (Å²) >= 11 is 0. The molecule has 0 saturated carbocycles. The van der Waals surface area contributed by atoms with Crippen LogP contribution in [0.1, 0.15) is 12.8 Å². The molecule has 1 aromatic carbocycles. The zero-order valence-electron chi connectivity index (χ0n) is 16.6. The van der Waals surface area contributed by atoms with E-state index in [1.54, 1.807) is 52.2 Å². The van der Waals surface area contributed by atoms with Gasteiger partial charge in [-0.3, -0.25) is 4.90 Å². The fraction of sp³-hybridized carbons (Fsp3) is 0.250. The summed E-state index contributed by atoms with van der Waals surface area (Å²) < 4.78 is 28.6. The lowest BCUT2D eigenvalue weighted by molar-refractivity contribution is 0.129. The molecule has 1 atom stereocenters. The molecule has 31 heavy (non-hydrogen) atoms. The largest absolute Gasteiger partial charge is 0.442 e. The summed E-state index contributed by atoms with van der Waals surface area (Å²) in [5.74, 6) is 0.512. The zero-order chi connectivity index (χ0) is 21.4. The summed E-state index contributed by atoms with van der Waals surface area (Å²) in [5, 5.41) is 11.5. The van der Waals surface area contributed by atoms with Crippen LogP contribution in [0, 0.1) is 5.82 Å². The summed E-state index contributed by atoms with van der Waals surface area (Å²) in [6.45, 7) is 2.60. The highest BCUT2D eigenvalue weighted by molar-refractivity contribution is 5.89. The van der Waals surface area contributed by atoms with Gasteiger partial charge in [0, 0.05) is 30.6 Å². The van der Waals surface area contributed by atoms with Gasteiger partial charge in [0.2, 0.25) is 11.7 Å². The number of anilines is 1. The number of carbonyl (C=O) groups is 1. The number of aromatic nitrogens is 6. The molecular weight excluding hydrogens is 405 g/mol. The number of cyclic esters (lactones) is 1. The van der Waals surface area contributed by atoms with Gasteiger partial charge in [0.05, 0.1) is 30.7 Å². The van der Waals surface area contributed by atoms with Gasteiger partial charge in [0.15, 0.2) is 0 Å². The first-order chi connectivity index (χ1) is 15.1. The summed E-state index contributed by atoms with van der Waals surface area (Å²) in [6.07, 6.45) is 6.40. The van der Waals surface area contributed by atoms with Crippen LogP contribution in [0.4, 0.5) is 14.9 Å². The van der Waals surface area contributed by atoms with E-state index in [0.29, 0.717) is 48.2 Å². The van der Waals surface area contributed by atoms with Crippen molar-refractivity contribution in [3.8, 4) is 17.1 Å². The first-order valence-corrected chi connectivity index (χ1v) is 9.74. The van der Waals surface area contributed by atoms with Gasteiger partial charge in [-0.25, -0.2) is 13.9 Å². The number of hydrogen-bond acceptors (Lipinski definition) is 7. The molecule has 3 aromatic heterocycles. The summed E-state index contributed by atoms with van der Waals surface area (Å²) in [4.78, 5) is 18.0. The van der Waals surface area contributed by atoms with E-state index in [1.807, 2.05) is 6.92 Å². The first-order valence-electron chi connectivity index (χ1n) is 9.74. The standard InChI is InChI=1S/C20H18FN7O3/c1-2-18-23-19(24-31-18)13-5-7-26(10-13)17-4-3-14(9-16(17)21)28-12-15(30-20(28)29)11-27-8-6-22-25-27/h3-10,15H,2,11-12H2,1H3/t15-/m0/s1. The fourth-order valence-corrected chi connectivity index (χ4v) is 3.43. The maximum atomic E-state index is 14.9. The molecule has 1 fully saturated rings. The molecule has 11 heteroatoms. The molecule has 0 unspecified atom stereocenters. The van der Waals surface area contributed by atoms with Crippen LogP contribution in [0.3, 0.4) is 0 Å². The van der Waals surface area contributed by atoms with Crippen LogP contribution >= 0.6 is 0 Å². The van der Waals surface area contributed by atoms with Gasteiger partial charge < -0.3 is 13.8 Å². The van der Waals surface area contributed by atoms with E-state index in [4.69, 9.17) is 9.26 Å². The van der Waals surface area contributed by atoms with E-state index in [0.717, 1.165) is 0 Å². The number of ether oxygens (including phenoxy) is 1. The highest BCUT2D eigenvalue weighted by Crippen LogP contribution is 2.27. The van der Waals surface area contributed by atoms with E-state index >= 15 is 0 Å². The Morgan fingerprint density at radius 1 is 1.26 bits per heavy atom. The lowest BCUT2D eigenvalue weighted by Gasteiger charge is -2.14. The fourth-order valence-electron chi connectivity index (χ4n) is 3.43. The number of carbonyl (C=O) groups excluding carboxylic acids is 1. The van der Waals surface area contributed by atoms with Gasteiger partial charge in [-0.1, -0.05) is 17.3 Å². The van der Waals surface area contributed by atoms with Crippen molar-refractivity contribution in [1.29, 1.82) is 0 Å². The highest BCUT2D eigenvalue weighted by atomic mass is 19.1. The van der Waals surface area contributed by atoms with E-state index in [1.165, 1.54) is 11.0 Å². The molecule has 1 aliphatic heterocycles. The van der Waals surface area contributed by atoms with Gasteiger partial charge in [-0.05, 0) is 24.3 Å². The maximum absolute atomic E-state index is 14.9. The number of amides is 1. The number of benzene rings is 1. The molecule has 10 nitrogen and oxygen atoms in total. The van der Waals surface area contributed by atoms with Crippen LogP contribution in [-0.2, 0) is 17.7 Å². The van der Waals surface area contributed by atoms with E-state index in [2.05, 4.69) is 20.5 Å². The molecule has 4 heterocycles. The van der Waals surface area contributed by atoms with E-state index in [-0.39, 0.29) is 0 Å². The molecule has 1 saturated heterocycles. The maximum Gasteiger partial charge on any atom is 0.414 e. The van der Waals surface area contributed by atoms with E-state index in [9.17, 15) is 9.18 Å². The minimum Gasteiger partial charge on any atom is -0.442 e. The van der Waals surface area contributed by atoms with Crippen LogP contribution < -0.4 is 4.90 Å². The smallest absolute Gasteiger partial charge is 0.414 e. The Labute approximate surface area is 175 Å². The van der Waals surface area contributed by atoms with Crippen molar-refractivity contribution in [3.63, 3.8) is 0 Å². The van der Waals surface area contributed by atoms with E-state index < -0.39 is 18.0 Å². The zero-order valence-corrected chi connectivity index (χ0v) is 16.6. The molecule has 5 rings (SSSR count).